The first-order valence-electron chi connectivity index (χ1n) is 9.83. The molecule has 0 spiro atoms. The molecule has 3 heterocycles. The van der Waals surface area contributed by atoms with Crippen molar-refractivity contribution in [1.82, 2.24) is 19.9 Å². The molecule has 2 N–H and O–H groups in total. The van der Waals surface area contributed by atoms with Gasteiger partial charge in [0.1, 0.15) is 17.0 Å². The Morgan fingerprint density at radius 3 is 2.60 bits per heavy atom. The number of benzene rings is 1. The Labute approximate surface area is 172 Å². The lowest BCUT2D eigenvalue weighted by molar-refractivity contribution is 0.0696. The van der Waals surface area contributed by atoms with Crippen LogP contribution in [0.1, 0.15) is 28.5 Å². The van der Waals surface area contributed by atoms with Gasteiger partial charge in [-0.1, -0.05) is 13.0 Å². The van der Waals surface area contributed by atoms with Gasteiger partial charge in [0, 0.05) is 44.5 Å². The highest BCUT2D eigenvalue weighted by Gasteiger charge is 2.20. The van der Waals surface area contributed by atoms with Crippen LogP contribution in [-0.2, 0) is 13.0 Å². The van der Waals surface area contributed by atoms with E-state index in [4.69, 9.17) is 5.11 Å². The highest BCUT2D eigenvalue weighted by Crippen LogP contribution is 2.20. The van der Waals surface area contributed by atoms with Crippen LogP contribution in [0.25, 0.3) is 11.0 Å². The number of aromatic amines is 1. The standard InChI is InChI=1S/C21H22FN5O3/c1-2-15-20(28)25-19-16(24-15)5-3-14(18(19)22)12-26-7-9-27(10-8-26)17-6-4-13(11-23-17)21(29)30/h3-6,11H,2,7-10,12H2,1H3,(H,25,28)(H,29,30). The van der Waals surface area contributed by atoms with Crippen molar-refractivity contribution in [3.8, 4) is 0 Å². The lowest BCUT2D eigenvalue weighted by Crippen LogP contribution is -2.46. The SMILES string of the molecule is CCc1nc2ccc(CN3CCN(c4ccc(C(=O)O)cn4)CC3)c(F)c2[nH]c1=O. The minimum Gasteiger partial charge on any atom is -0.478 e. The van der Waals surface area contributed by atoms with E-state index in [9.17, 15) is 14.0 Å². The molecule has 1 aromatic carbocycles. The minimum absolute atomic E-state index is 0.149. The zero-order valence-corrected chi connectivity index (χ0v) is 16.6. The van der Waals surface area contributed by atoms with Crippen LogP contribution in [0.15, 0.2) is 35.3 Å². The van der Waals surface area contributed by atoms with E-state index in [0.29, 0.717) is 55.9 Å². The number of H-pyrrole nitrogens is 1. The molecule has 0 saturated carbocycles. The van der Waals surface area contributed by atoms with Crippen LogP contribution in [0.4, 0.5) is 10.2 Å². The topological polar surface area (TPSA) is 102 Å². The Kier molecular flexibility index (Phi) is 5.45. The fourth-order valence-electron chi connectivity index (χ4n) is 3.64. The molecule has 0 radical (unpaired) electrons. The van der Waals surface area contributed by atoms with Crippen LogP contribution in [0, 0.1) is 5.82 Å². The number of hydrogen-bond donors (Lipinski definition) is 2. The maximum atomic E-state index is 15.0. The molecule has 3 aromatic rings. The monoisotopic (exact) mass is 411 g/mol. The molecule has 9 heteroatoms. The van der Waals surface area contributed by atoms with Crippen molar-refractivity contribution in [1.29, 1.82) is 0 Å². The third-order valence-corrected chi connectivity index (χ3v) is 5.38. The summed E-state index contributed by atoms with van der Waals surface area (Å²) in [6.07, 6.45) is 1.85. The van der Waals surface area contributed by atoms with Crippen molar-refractivity contribution in [3.63, 3.8) is 0 Å². The number of piperazine rings is 1. The summed E-state index contributed by atoms with van der Waals surface area (Å²) in [7, 11) is 0. The number of nitrogens with zero attached hydrogens (tertiary/aromatic N) is 4. The van der Waals surface area contributed by atoms with Crippen molar-refractivity contribution >= 4 is 22.8 Å². The number of nitrogens with one attached hydrogen (secondary N) is 1. The number of aryl methyl sites for hydroxylation is 1. The van der Waals surface area contributed by atoms with E-state index in [0.717, 1.165) is 5.82 Å². The van der Waals surface area contributed by atoms with Gasteiger partial charge in [-0.15, -0.1) is 0 Å². The maximum absolute atomic E-state index is 15.0. The molecule has 1 aliphatic heterocycles. The van der Waals surface area contributed by atoms with Gasteiger partial charge in [0.2, 0.25) is 0 Å². The summed E-state index contributed by atoms with van der Waals surface area (Å²) in [4.78, 5) is 38.3. The van der Waals surface area contributed by atoms with E-state index in [1.54, 1.807) is 24.3 Å². The average Bonchev–Trinajstić information content (AvgIpc) is 2.76. The molecule has 0 aliphatic carbocycles. The second-order valence-electron chi connectivity index (χ2n) is 7.27. The van der Waals surface area contributed by atoms with Crippen LogP contribution < -0.4 is 10.5 Å². The fraction of sp³-hybridized carbons (Fsp3) is 0.333. The first kappa shape index (κ1) is 20.0. The van der Waals surface area contributed by atoms with Crippen LogP contribution in [0.5, 0.6) is 0 Å². The number of carboxylic acids is 1. The minimum atomic E-state index is -1.00. The lowest BCUT2D eigenvalue weighted by atomic mass is 10.1. The Hall–Kier alpha value is -3.33. The van der Waals surface area contributed by atoms with Gasteiger partial charge >= 0.3 is 5.97 Å². The Morgan fingerprint density at radius 2 is 1.97 bits per heavy atom. The number of carboxylic acid groups (broad SMARTS) is 1. The van der Waals surface area contributed by atoms with Crippen LogP contribution in [0.2, 0.25) is 0 Å². The molecule has 0 amide bonds. The molecule has 0 bridgehead atoms. The summed E-state index contributed by atoms with van der Waals surface area (Å²) in [5.41, 5.74) is 1.32. The number of hydrogen-bond acceptors (Lipinski definition) is 6. The number of aromatic carboxylic acids is 1. The van der Waals surface area contributed by atoms with Crippen LogP contribution in [0.3, 0.4) is 0 Å². The number of pyridine rings is 1. The molecule has 1 fully saturated rings. The molecule has 1 saturated heterocycles. The Balaban J connectivity index is 1.44. The van der Waals surface area contributed by atoms with Gasteiger partial charge < -0.3 is 15.0 Å². The van der Waals surface area contributed by atoms with E-state index in [1.807, 2.05) is 6.92 Å². The largest absolute Gasteiger partial charge is 0.478 e. The van der Waals surface area contributed by atoms with E-state index >= 15 is 0 Å². The third-order valence-electron chi connectivity index (χ3n) is 5.38. The molecular weight excluding hydrogens is 389 g/mol. The van der Waals surface area contributed by atoms with E-state index in [2.05, 4.69) is 24.8 Å². The van der Waals surface area contributed by atoms with Gasteiger partial charge in [-0.05, 0) is 24.6 Å². The van der Waals surface area contributed by atoms with E-state index < -0.39 is 11.8 Å². The molecule has 2 aromatic heterocycles. The molecule has 156 valence electrons. The van der Waals surface area contributed by atoms with Crippen LogP contribution in [-0.4, -0.2) is 57.1 Å². The molecule has 0 unspecified atom stereocenters. The zero-order chi connectivity index (χ0) is 21.3. The van der Waals surface area contributed by atoms with Crippen LogP contribution >= 0.6 is 0 Å². The molecule has 4 rings (SSSR count). The van der Waals surface area contributed by atoms with Gasteiger partial charge in [-0.3, -0.25) is 9.69 Å². The van der Waals surface area contributed by atoms with Gasteiger partial charge in [0.25, 0.3) is 5.56 Å². The number of fused-ring (bicyclic) bond motifs is 1. The highest BCUT2D eigenvalue weighted by atomic mass is 19.1. The van der Waals surface area contributed by atoms with Crippen molar-refractivity contribution in [2.75, 3.05) is 31.1 Å². The summed E-state index contributed by atoms with van der Waals surface area (Å²) in [5.74, 6) is -0.709. The summed E-state index contributed by atoms with van der Waals surface area (Å²) < 4.78 is 15.0. The predicted octanol–water partition coefficient (Wildman–Crippen LogP) is 2.04. The highest BCUT2D eigenvalue weighted by molar-refractivity contribution is 5.87. The van der Waals surface area contributed by atoms with Gasteiger partial charge in [-0.25, -0.2) is 19.2 Å². The first-order chi connectivity index (χ1) is 14.5. The molecule has 30 heavy (non-hydrogen) atoms. The number of rotatable bonds is 5. The fourth-order valence-corrected chi connectivity index (χ4v) is 3.64. The molecule has 1 aliphatic rings. The second-order valence-corrected chi connectivity index (χ2v) is 7.27. The smallest absolute Gasteiger partial charge is 0.337 e. The first-order valence-corrected chi connectivity index (χ1v) is 9.83. The summed E-state index contributed by atoms with van der Waals surface area (Å²) in [5, 5.41) is 8.98. The van der Waals surface area contributed by atoms with Gasteiger partial charge in [0.15, 0.2) is 5.82 Å². The predicted molar refractivity (Wildman–Crippen MR) is 110 cm³/mol. The number of carbonyl (C=O) groups is 1. The third kappa shape index (κ3) is 3.88. The average molecular weight is 411 g/mol. The second kappa shape index (κ2) is 8.19. The van der Waals surface area contributed by atoms with Crippen molar-refractivity contribution in [3.05, 3.63) is 63.5 Å². The summed E-state index contributed by atoms with van der Waals surface area (Å²) in [6.45, 7) is 5.09. The Bertz CT molecular complexity index is 1140. The summed E-state index contributed by atoms with van der Waals surface area (Å²) >= 11 is 0. The number of halogens is 1. The van der Waals surface area contributed by atoms with Crippen molar-refractivity contribution < 1.29 is 14.3 Å². The quantitative estimate of drug-likeness (QED) is 0.662. The maximum Gasteiger partial charge on any atom is 0.337 e. The lowest BCUT2D eigenvalue weighted by Gasteiger charge is -2.35. The van der Waals surface area contributed by atoms with Crippen molar-refractivity contribution in [2.45, 2.75) is 19.9 Å². The summed E-state index contributed by atoms with van der Waals surface area (Å²) in [6, 6.07) is 6.71. The molecule has 8 nitrogen and oxygen atoms in total. The van der Waals surface area contributed by atoms with E-state index in [-0.39, 0.29) is 16.6 Å². The normalized spacial score (nSPS) is 14.9. The Morgan fingerprint density at radius 1 is 1.20 bits per heavy atom. The van der Waals surface area contributed by atoms with Crippen molar-refractivity contribution in [2.24, 2.45) is 0 Å². The van der Waals surface area contributed by atoms with Gasteiger partial charge in [-0.2, -0.15) is 0 Å². The molecular formula is C21H22FN5O3. The number of aromatic nitrogens is 3. The zero-order valence-electron chi connectivity index (χ0n) is 16.6. The number of anilines is 1. The van der Waals surface area contributed by atoms with E-state index in [1.165, 1.54) is 6.20 Å². The van der Waals surface area contributed by atoms with Gasteiger partial charge in [0.05, 0.1) is 11.1 Å². The molecule has 0 atom stereocenters.